The topological polar surface area (TPSA) is 106 Å². The fraction of sp³-hybridized carbons (Fsp3) is 0.467. The number of anilines is 3. The molecule has 39 heavy (non-hydrogen) atoms. The zero-order valence-electron chi connectivity index (χ0n) is 23.2. The van der Waals surface area contributed by atoms with E-state index in [2.05, 4.69) is 62.5 Å². The fourth-order valence-electron chi connectivity index (χ4n) is 5.27. The molecular weight excluding hydrogens is 490 g/mol. The van der Waals surface area contributed by atoms with Gasteiger partial charge in [-0.25, -0.2) is 10.1 Å². The lowest BCUT2D eigenvalue weighted by molar-refractivity contribution is 0.0933. The van der Waals surface area contributed by atoms with Crippen LogP contribution in [0.25, 0.3) is 0 Å². The Labute approximate surface area is 230 Å². The number of hydrogen-bond donors (Lipinski definition) is 3. The number of hydrogen-bond acceptors (Lipinski definition) is 7. The summed E-state index contributed by atoms with van der Waals surface area (Å²) < 4.78 is 0. The van der Waals surface area contributed by atoms with Gasteiger partial charge in [0.05, 0.1) is 0 Å². The SMILES string of the molecule is CC(C)(C)c1ccc(C(=O)NC2CCCN(c3cc(Nc4ccc(CN5CCCC5)cn4)c(=O)[nH]n3)C2)cc1. The van der Waals surface area contributed by atoms with Gasteiger partial charge >= 0.3 is 0 Å². The molecule has 2 fully saturated rings. The van der Waals surface area contributed by atoms with E-state index in [9.17, 15) is 9.59 Å². The van der Waals surface area contributed by atoms with Crippen LogP contribution in [-0.4, -0.2) is 58.2 Å². The normalized spacial score (nSPS) is 18.2. The third kappa shape index (κ3) is 6.84. The van der Waals surface area contributed by atoms with Crippen LogP contribution in [0.2, 0.25) is 0 Å². The average molecular weight is 530 g/mol. The second-order valence-corrected chi connectivity index (χ2v) is 11.7. The van der Waals surface area contributed by atoms with Crippen LogP contribution in [-0.2, 0) is 12.0 Å². The second kappa shape index (κ2) is 11.6. The lowest BCUT2D eigenvalue weighted by Crippen LogP contribution is -2.48. The fourth-order valence-corrected chi connectivity index (χ4v) is 5.27. The zero-order valence-corrected chi connectivity index (χ0v) is 23.2. The summed E-state index contributed by atoms with van der Waals surface area (Å²) in [7, 11) is 0. The molecule has 3 aromatic rings. The van der Waals surface area contributed by atoms with Crippen LogP contribution in [0.4, 0.5) is 17.3 Å². The summed E-state index contributed by atoms with van der Waals surface area (Å²) in [4.78, 5) is 34.5. The molecule has 5 rings (SSSR count). The number of pyridine rings is 1. The average Bonchev–Trinajstić information content (AvgIpc) is 3.44. The number of nitrogens with zero attached hydrogens (tertiary/aromatic N) is 4. The van der Waals surface area contributed by atoms with Gasteiger partial charge in [0.15, 0.2) is 5.82 Å². The van der Waals surface area contributed by atoms with Gasteiger partial charge in [-0.1, -0.05) is 39.0 Å². The number of nitrogens with one attached hydrogen (secondary N) is 3. The van der Waals surface area contributed by atoms with Gasteiger partial charge in [0.1, 0.15) is 11.5 Å². The summed E-state index contributed by atoms with van der Waals surface area (Å²) in [6, 6.07) is 13.5. The molecule has 1 atom stereocenters. The number of aromatic amines is 1. The van der Waals surface area contributed by atoms with Gasteiger partial charge in [0, 0.05) is 43.5 Å². The molecule has 3 N–H and O–H groups in total. The van der Waals surface area contributed by atoms with E-state index >= 15 is 0 Å². The summed E-state index contributed by atoms with van der Waals surface area (Å²) in [5, 5.41) is 13.2. The molecule has 0 spiro atoms. The van der Waals surface area contributed by atoms with Crippen molar-refractivity contribution in [3.8, 4) is 0 Å². The number of H-pyrrole nitrogens is 1. The molecule has 0 saturated carbocycles. The predicted molar refractivity (Wildman–Crippen MR) is 155 cm³/mol. The Kier molecular flexibility index (Phi) is 7.97. The first-order valence-electron chi connectivity index (χ1n) is 13.9. The van der Waals surface area contributed by atoms with Crippen molar-refractivity contribution in [2.75, 3.05) is 36.4 Å². The van der Waals surface area contributed by atoms with Gasteiger partial charge in [0.2, 0.25) is 0 Å². The molecule has 9 nitrogen and oxygen atoms in total. The minimum Gasteiger partial charge on any atom is -0.353 e. The molecule has 1 unspecified atom stereocenters. The van der Waals surface area contributed by atoms with Crippen LogP contribution >= 0.6 is 0 Å². The highest BCUT2D eigenvalue weighted by molar-refractivity contribution is 5.94. The number of carbonyl (C=O) groups excluding carboxylic acids is 1. The molecular formula is C30H39N7O2. The third-order valence-corrected chi connectivity index (χ3v) is 7.58. The van der Waals surface area contributed by atoms with Crippen molar-refractivity contribution >= 4 is 23.2 Å². The lowest BCUT2D eigenvalue weighted by Gasteiger charge is -2.34. The van der Waals surface area contributed by atoms with Gasteiger partial charge in [-0.05, 0) is 73.5 Å². The molecule has 0 aliphatic carbocycles. The summed E-state index contributed by atoms with van der Waals surface area (Å²) in [6.07, 6.45) is 6.19. The lowest BCUT2D eigenvalue weighted by atomic mass is 9.86. The van der Waals surface area contributed by atoms with E-state index in [0.29, 0.717) is 29.4 Å². The van der Waals surface area contributed by atoms with Crippen LogP contribution in [0, 0.1) is 0 Å². The Morgan fingerprint density at radius 1 is 1.05 bits per heavy atom. The third-order valence-electron chi connectivity index (χ3n) is 7.58. The molecule has 9 heteroatoms. The van der Waals surface area contributed by atoms with E-state index < -0.39 is 0 Å². The quantitative estimate of drug-likeness (QED) is 0.421. The molecule has 1 aromatic carbocycles. The summed E-state index contributed by atoms with van der Waals surface area (Å²) in [5.74, 6) is 1.21. The van der Waals surface area contributed by atoms with Gasteiger partial charge in [-0.2, -0.15) is 5.10 Å². The first-order chi connectivity index (χ1) is 18.7. The second-order valence-electron chi connectivity index (χ2n) is 11.7. The van der Waals surface area contributed by atoms with Crippen LogP contribution in [0.15, 0.2) is 53.5 Å². The molecule has 206 valence electrons. The Hall–Kier alpha value is -3.72. The molecule has 1 amide bonds. The Morgan fingerprint density at radius 3 is 2.51 bits per heavy atom. The van der Waals surface area contributed by atoms with Gasteiger partial charge in [-0.15, -0.1) is 0 Å². The maximum absolute atomic E-state index is 12.9. The highest BCUT2D eigenvalue weighted by atomic mass is 16.1. The zero-order chi connectivity index (χ0) is 27.4. The van der Waals surface area contributed by atoms with Crippen LogP contribution in [0.5, 0.6) is 0 Å². The maximum Gasteiger partial charge on any atom is 0.288 e. The first-order valence-corrected chi connectivity index (χ1v) is 13.9. The number of piperidine rings is 1. The summed E-state index contributed by atoms with van der Waals surface area (Å²) >= 11 is 0. The van der Waals surface area contributed by atoms with E-state index in [4.69, 9.17) is 0 Å². The Morgan fingerprint density at radius 2 is 1.82 bits per heavy atom. The molecule has 2 aliphatic heterocycles. The van der Waals surface area contributed by atoms with E-state index in [1.54, 1.807) is 6.07 Å². The molecule has 2 aliphatic rings. The summed E-state index contributed by atoms with van der Waals surface area (Å²) in [5.41, 5.74) is 3.16. The highest BCUT2D eigenvalue weighted by Crippen LogP contribution is 2.23. The van der Waals surface area contributed by atoms with E-state index in [1.165, 1.54) is 24.0 Å². The smallest absolute Gasteiger partial charge is 0.288 e. The van der Waals surface area contributed by atoms with Crippen molar-refractivity contribution < 1.29 is 4.79 Å². The van der Waals surface area contributed by atoms with Gasteiger partial charge < -0.3 is 15.5 Å². The van der Waals surface area contributed by atoms with Gasteiger partial charge in [0.25, 0.3) is 11.5 Å². The summed E-state index contributed by atoms with van der Waals surface area (Å²) in [6.45, 7) is 11.1. The van der Waals surface area contributed by atoms with E-state index in [-0.39, 0.29) is 22.9 Å². The molecule has 0 bridgehead atoms. The Bertz CT molecular complexity index is 1320. The van der Waals surface area contributed by atoms with Crippen molar-refractivity contribution in [3.63, 3.8) is 0 Å². The number of amides is 1. The predicted octanol–water partition coefficient (Wildman–Crippen LogP) is 4.20. The van der Waals surface area contributed by atoms with Gasteiger partial charge in [-0.3, -0.25) is 14.5 Å². The van der Waals surface area contributed by atoms with Crippen molar-refractivity contribution in [2.45, 2.75) is 64.5 Å². The van der Waals surface area contributed by atoms with Crippen molar-refractivity contribution in [1.82, 2.24) is 25.4 Å². The molecule has 2 aromatic heterocycles. The van der Waals surface area contributed by atoms with E-state index in [1.807, 2.05) is 36.5 Å². The Balaban J connectivity index is 1.21. The van der Waals surface area contributed by atoms with Crippen molar-refractivity contribution in [3.05, 3.63) is 75.7 Å². The maximum atomic E-state index is 12.9. The van der Waals surface area contributed by atoms with E-state index in [0.717, 1.165) is 39.0 Å². The number of carbonyl (C=O) groups is 1. The minimum absolute atomic E-state index is 0.0106. The standard InChI is InChI=1S/C30H39N7O2/c1-30(2,3)23-11-9-22(10-12-23)28(38)32-24-7-6-16-37(20-24)27-17-25(29(39)35-34-27)33-26-13-8-21(18-31-26)19-36-14-4-5-15-36/h8-13,17-18,24H,4-7,14-16,19-20H2,1-3H3,(H,32,38)(H,35,39)(H,31,33,34). The molecule has 2 saturated heterocycles. The van der Waals surface area contributed by atoms with Crippen molar-refractivity contribution in [2.24, 2.45) is 0 Å². The number of rotatable bonds is 7. The number of likely N-dealkylation sites (tertiary alicyclic amines) is 1. The molecule has 0 radical (unpaired) electrons. The van der Waals surface area contributed by atoms with Crippen molar-refractivity contribution in [1.29, 1.82) is 0 Å². The highest BCUT2D eigenvalue weighted by Gasteiger charge is 2.24. The first kappa shape index (κ1) is 26.9. The van der Waals surface area contributed by atoms with Crippen LogP contribution < -0.4 is 21.1 Å². The number of benzene rings is 1. The molecule has 4 heterocycles. The minimum atomic E-state index is -0.303. The van der Waals surface area contributed by atoms with Crippen LogP contribution in [0.3, 0.4) is 0 Å². The largest absolute Gasteiger partial charge is 0.353 e. The number of aromatic nitrogens is 3. The monoisotopic (exact) mass is 529 g/mol. The van der Waals surface area contributed by atoms with Crippen LogP contribution in [0.1, 0.15) is 67.9 Å².